The molecule has 2 rings (SSSR count). The van der Waals surface area contributed by atoms with Crippen molar-refractivity contribution in [2.75, 3.05) is 11.9 Å². The first-order chi connectivity index (χ1) is 8.31. The van der Waals surface area contributed by atoms with Gasteiger partial charge in [-0.3, -0.25) is 9.97 Å². The SMILES string of the molecule is C#CCCCNc1ccnc2cc(Br)cnc12. The molecule has 17 heavy (non-hydrogen) atoms. The summed E-state index contributed by atoms with van der Waals surface area (Å²) in [5, 5.41) is 3.33. The Morgan fingerprint density at radius 1 is 1.41 bits per heavy atom. The zero-order chi connectivity index (χ0) is 12.1. The lowest BCUT2D eigenvalue weighted by molar-refractivity contribution is 0.908. The van der Waals surface area contributed by atoms with Crippen molar-refractivity contribution >= 4 is 32.7 Å². The van der Waals surface area contributed by atoms with Crippen molar-refractivity contribution in [3.8, 4) is 12.3 Å². The van der Waals surface area contributed by atoms with Crippen LogP contribution >= 0.6 is 15.9 Å². The number of aromatic nitrogens is 2. The molecule has 0 aliphatic heterocycles. The van der Waals surface area contributed by atoms with Gasteiger partial charge in [0.2, 0.25) is 0 Å². The molecule has 0 saturated heterocycles. The lowest BCUT2D eigenvalue weighted by Crippen LogP contribution is -2.02. The molecule has 0 bridgehead atoms. The Bertz CT molecular complexity index is 560. The predicted octanol–water partition coefficient (Wildman–Crippen LogP) is 3.22. The number of hydrogen-bond donors (Lipinski definition) is 1. The number of fused-ring (bicyclic) bond motifs is 1. The molecule has 2 heterocycles. The quantitative estimate of drug-likeness (QED) is 0.694. The van der Waals surface area contributed by atoms with Crippen molar-refractivity contribution in [2.45, 2.75) is 12.8 Å². The third-order valence-electron chi connectivity index (χ3n) is 2.36. The molecular formula is C13H12BrN3. The van der Waals surface area contributed by atoms with E-state index in [4.69, 9.17) is 6.42 Å². The number of terminal acetylenes is 1. The maximum Gasteiger partial charge on any atom is 0.112 e. The minimum absolute atomic E-state index is 0.787. The molecule has 0 aliphatic carbocycles. The summed E-state index contributed by atoms with van der Waals surface area (Å²) in [7, 11) is 0. The van der Waals surface area contributed by atoms with Crippen LogP contribution < -0.4 is 5.32 Å². The van der Waals surface area contributed by atoms with Gasteiger partial charge in [-0.05, 0) is 34.5 Å². The van der Waals surface area contributed by atoms with Crippen molar-refractivity contribution < 1.29 is 0 Å². The molecule has 3 nitrogen and oxygen atoms in total. The van der Waals surface area contributed by atoms with Gasteiger partial charge >= 0.3 is 0 Å². The second-order valence-electron chi connectivity index (χ2n) is 3.61. The van der Waals surface area contributed by atoms with Gasteiger partial charge in [-0.2, -0.15) is 0 Å². The van der Waals surface area contributed by atoms with Crippen LogP contribution in [0.1, 0.15) is 12.8 Å². The average Bonchev–Trinajstić information content (AvgIpc) is 2.34. The van der Waals surface area contributed by atoms with E-state index in [0.717, 1.165) is 40.6 Å². The standard InChI is InChI=1S/C13H12BrN3/c1-2-3-4-6-15-11-5-7-16-12-8-10(14)9-17-13(11)12/h1,5,7-9H,3-4,6H2,(H,15,16). The molecule has 0 amide bonds. The van der Waals surface area contributed by atoms with Gasteiger partial charge in [0.25, 0.3) is 0 Å². The van der Waals surface area contributed by atoms with Gasteiger partial charge in [0.05, 0.1) is 11.2 Å². The van der Waals surface area contributed by atoms with Crippen LogP contribution in [0.5, 0.6) is 0 Å². The Hall–Kier alpha value is -1.60. The van der Waals surface area contributed by atoms with E-state index in [9.17, 15) is 0 Å². The highest BCUT2D eigenvalue weighted by Crippen LogP contribution is 2.21. The average molecular weight is 290 g/mol. The van der Waals surface area contributed by atoms with Crippen molar-refractivity contribution in [1.82, 2.24) is 9.97 Å². The van der Waals surface area contributed by atoms with Gasteiger partial charge in [-0.25, -0.2) is 0 Å². The van der Waals surface area contributed by atoms with Gasteiger partial charge in [0, 0.05) is 29.8 Å². The molecular weight excluding hydrogens is 278 g/mol. The Labute approximate surface area is 109 Å². The van der Waals surface area contributed by atoms with Crippen molar-refractivity contribution in [3.05, 3.63) is 29.0 Å². The normalized spacial score (nSPS) is 10.1. The zero-order valence-electron chi connectivity index (χ0n) is 9.28. The number of rotatable bonds is 4. The van der Waals surface area contributed by atoms with Gasteiger partial charge < -0.3 is 5.32 Å². The second-order valence-corrected chi connectivity index (χ2v) is 4.53. The van der Waals surface area contributed by atoms with E-state index in [1.807, 2.05) is 12.1 Å². The van der Waals surface area contributed by atoms with Crippen molar-refractivity contribution in [2.24, 2.45) is 0 Å². The molecule has 0 fully saturated rings. The van der Waals surface area contributed by atoms with Crippen LogP contribution in [0.4, 0.5) is 5.69 Å². The number of nitrogens with zero attached hydrogens (tertiary/aromatic N) is 2. The van der Waals surface area contributed by atoms with Crippen LogP contribution in [-0.2, 0) is 0 Å². The molecule has 0 aromatic carbocycles. The van der Waals surface area contributed by atoms with E-state index in [1.54, 1.807) is 12.4 Å². The molecule has 0 saturated carbocycles. The Balaban J connectivity index is 2.20. The summed E-state index contributed by atoms with van der Waals surface area (Å²) < 4.78 is 0.932. The van der Waals surface area contributed by atoms with Crippen LogP contribution in [0.3, 0.4) is 0 Å². The molecule has 2 aromatic heterocycles. The largest absolute Gasteiger partial charge is 0.383 e. The fraction of sp³-hybridized carbons (Fsp3) is 0.231. The predicted molar refractivity (Wildman–Crippen MR) is 73.8 cm³/mol. The van der Waals surface area contributed by atoms with Gasteiger partial charge in [0.1, 0.15) is 5.52 Å². The number of unbranched alkanes of at least 4 members (excludes halogenated alkanes) is 1. The highest BCUT2D eigenvalue weighted by Gasteiger charge is 2.02. The van der Waals surface area contributed by atoms with Crippen LogP contribution in [0.2, 0.25) is 0 Å². The monoisotopic (exact) mass is 289 g/mol. The first-order valence-electron chi connectivity index (χ1n) is 5.39. The lowest BCUT2D eigenvalue weighted by atomic mass is 10.2. The summed E-state index contributed by atoms with van der Waals surface area (Å²) in [6, 6.07) is 3.88. The minimum atomic E-state index is 0.787. The number of hydrogen-bond acceptors (Lipinski definition) is 3. The van der Waals surface area contributed by atoms with Crippen molar-refractivity contribution in [1.29, 1.82) is 0 Å². The van der Waals surface area contributed by atoms with Crippen molar-refractivity contribution in [3.63, 3.8) is 0 Å². The summed E-state index contributed by atoms with van der Waals surface area (Å²) >= 11 is 3.39. The highest BCUT2D eigenvalue weighted by atomic mass is 79.9. The van der Waals surface area contributed by atoms with Crippen LogP contribution in [0, 0.1) is 12.3 Å². The fourth-order valence-corrected chi connectivity index (χ4v) is 1.88. The lowest BCUT2D eigenvalue weighted by Gasteiger charge is -2.07. The second kappa shape index (κ2) is 5.65. The van der Waals surface area contributed by atoms with Crippen LogP contribution in [0.25, 0.3) is 11.0 Å². The van der Waals surface area contributed by atoms with E-state index in [-0.39, 0.29) is 0 Å². The maximum absolute atomic E-state index is 5.21. The fourth-order valence-electron chi connectivity index (χ4n) is 1.56. The molecule has 0 spiro atoms. The smallest absolute Gasteiger partial charge is 0.112 e. The Morgan fingerprint density at radius 3 is 3.12 bits per heavy atom. The first kappa shape index (κ1) is 11.9. The van der Waals surface area contributed by atoms with Gasteiger partial charge in [-0.1, -0.05) is 0 Å². The third kappa shape index (κ3) is 2.95. The Morgan fingerprint density at radius 2 is 2.29 bits per heavy atom. The third-order valence-corrected chi connectivity index (χ3v) is 2.79. The van der Waals surface area contributed by atoms with Gasteiger partial charge in [0.15, 0.2) is 0 Å². The number of halogens is 1. The van der Waals surface area contributed by atoms with Crippen LogP contribution in [-0.4, -0.2) is 16.5 Å². The van der Waals surface area contributed by atoms with E-state index in [0.29, 0.717) is 0 Å². The highest BCUT2D eigenvalue weighted by molar-refractivity contribution is 9.10. The summed E-state index contributed by atoms with van der Waals surface area (Å²) in [6.45, 7) is 0.848. The number of anilines is 1. The van der Waals surface area contributed by atoms with E-state index in [2.05, 4.69) is 37.1 Å². The van der Waals surface area contributed by atoms with E-state index < -0.39 is 0 Å². The molecule has 2 aromatic rings. The Kier molecular flexibility index (Phi) is 3.94. The molecule has 86 valence electrons. The molecule has 1 N–H and O–H groups in total. The first-order valence-corrected chi connectivity index (χ1v) is 6.18. The van der Waals surface area contributed by atoms with Gasteiger partial charge in [-0.15, -0.1) is 12.3 Å². The molecule has 0 aliphatic rings. The molecule has 0 atom stereocenters. The zero-order valence-corrected chi connectivity index (χ0v) is 10.9. The minimum Gasteiger partial charge on any atom is -0.383 e. The van der Waals surface area contributed by atoms with E-state index in [1.165, 1.54) is 0 Å². The summed E-state index contributed by atoms with van der Waals surface area (Å²) in [5.74, 6) is 2.62. The van der Waals surface area contributed by atoms with E-state index >= 15 is 0 Å². The maximum atomic E-state index is 5.21. The topological polar surface area (TPSA) is 37.8 Å². The molecule has 0 unspecified atom stereocenters. The number of pyridine rings is 2. The molecule has 4 heteroatoms. The number of nitrogens with one attached hydrogen (secondary N) is 1. The van der Waals surface area contributed by atoms with Crippen LogP contribution in [0.15, 0.2) is 29.0 Å². The molecule has 0 radical (unpaired) electrons. The summed E-state index contributed by atoms with van der Waals surface area (Å²) in [5.41, 5.74) is 2.76. The summed E-state index contributed by atoms with van der Waals surface area (Å²) in [6.07, 6.45) is 10.5. The summed E-state index contributed by atoms with van der Waals surface area (Å²) in [4.78, 5) is 8.65.